The van der Waals surface area contributed by atoms with E-state index in [1.54, 1.807) is 24.5 Å². The van der Waals surface area contributed by atoms with Crippen LogP contribution in [0.3, 0.4) is 0 Å². The molecule has 0 radical (unpaired) electrons. The summed E-state index contributed by atoms with van der Waals surface area (Å²) in [6.07, 6.45) is 4.27. The van der Waals surface area contributed by atoms with Gasteiger partial charge in [0.25, 0.3) is 0 Å². The second-order valence-electron chi connectivity index (χ2n) is 2.67. The van der Waals surface area contributed by atoms with Crippen LogP contribution in [0.1, 0.15) is 23.2 Å². The standard InChI is InChI=1S/C9H12N2O2/c12-9(2-1-5-11-13)8-3-6-10-7-4-8/h3-4,6-7,11,13H,1-2,5H2. The Balaban J connectivity index is 2.40. The zero-order valence-corrected chi connectivity index (χ0v) is 7.23. The highest BCUT2D eigenvalue weighted by atomic mass is 16.5. The summed E-state index contributed by atoms with van der Waals surface area (Å²) in [4.78, 5) is 15.2. The van der Waals surface area contributed by atoms with Gasteiger partial charge in [0.2, 0.25) is 0 Å². The van der Waals surface area contributed by atoms with E-state index in [1.165, 1.54) is 0 Å². The van der Waals surface area contributed by atoms with Crippen molar-refractivity contribution >= 4 is 5.78 Å². The predicted molar refractivity (Wildman–Crippen MR) is 47.6 cm³/mol. The van der Waals surface area contributed by atoms with Crippen molar-refractivity contribution in [1.29, 1.82) is 0 Å². The van der Waals surface area contributed by atoms with Crippen LogP contribution in [0.2, 0.25) is 0 Å². The van der Waals surface area contributed by atoms with Gasteiger partial charge in [0.05, 0.1) is 0 Å². The molecule has 0 bridgehead atoms. The molecule has 13 heavy (non-hydrogen) atoms. The van der Waals surface area contributed by atoms with Gasteiger partial charge in [-0.1, -0.05) is 0 Å². The molecular weight excluding hydrogens is 168 g/mol. The first-order chi connectivity index (χ1) is 6.34. The van der Waals surface area contributed by atoms with Crippen molar-refractivity contribution < 1.29 is 10.0 Å². The normalized spacial score (nSPS) is 9.92. The van der Waals surface area contributed by atoms with Gasteiger partial charge in [-0.05, 0) is 18.6 Å². The van der Waals surface area contributed by atoms with E-state index < -0.39 is 0 Å². The lowest BCUT2D eigenvalue weighted by Gasteiger charge is -1.99. The highest BCUT2D eigenvalue weighted by molar-refractivity contribution is 5.95. The molecule has 1 rings (SSSR count). The van der Waals surface area contributed by atoms with Gasteiger partial charge >= 0.3 is 0 Å². The predicted octanol–water partition coefficient (Wildman–Crippen LogP) is 1.02. The average molecular weight is 180 g/mol. The Bertz CT molecular complexity index is 262. The number of ketones is 1. The summed E-state index contributed by atoms with van der Waals surface area (Å²) in [5.74, 6) is 0.0812. The Hall–Kier alpha value is -1.26. The minimum Gasteiger partial charge on any atom is -0.317 e. The maximum Gasteiger partial charge on any atom is 0.163 e. The van der Waals surface area contributed by atoms with Gasteiger partial charge in [-0.25, -0.2) is 5.48 Å². The number of nitrogens with one attached hydrogen (secondary N) is 1. The van der Waals surface area contributed by atoms with Crippen molar-refractivity contribution in [1.82, 2.24) is 10.5 Å². The van der Waals surface area contributed by atoms with Crippen molar-refractivity contribution in [3.05, 3.63) is 30.1 Å². The van der Waals surface area contributed by atoms with Crippen LogP contribution in [0.15, 0.2) is 24.5 Å². The highest BCUT2D eigenvalue weighted by Crippen LogP contribution is 2.02. The van der Waals surface area contributed by atoms with E-state index in [0.29, 0.717) is 24.9 Å². The summed E-state index contributed by atoms with van der Waals surface area (Å²) in [6.45, 7) is 0.441. The van der Waals surface area contributed by atoms with E-state index in [1.807, 2.05) is 5.48 Å². The van der Waals surface area contributed by atoms with Crippen molar-refractivity contribution in [2.45, 2.75) is 12.8 Å². The number of carbonyl (C=O) groups is 1. The van der Waals surface area contributed by atoms with Crippen LogP contribution in [-0.2, 0) is 0 Å². The molecule has 0 spiro atoms. The number of hydroxylamine groups is 1. The third-order valence-electron chi connectivity index (χ3n) is 1.69. The maximum atomic E-state index is 11.4. The number of aromatic nitrogens is 1. The molecule has 4 heteroatoms. The van der Waals surface area contributed by atoms with Gasteiger partial charge in [0.1, 0.15) is 0 Å². The van der Waals surface area contributed by atoms with Crippen LogP contribution >= 0.6 is 0 Å². The lowest BCUT2D eigenvalue weighted by molar-refractivity contribution is 0.0971. The third kappa shape index (κ3) is 3.31. The average Bonchev–Trinajstić information content (AvgIpc) is 2.19. The molecule has 4 nitrogen and oxygen atoms in total. The molecule has 1 aromatic heterocycles. The fraction of sp³-hybridized carbons (Fsp3) is 0.333. The number of Topliss-reactive ketones (excluding diaryl/α,β-unsaturated/α-hetero) is 1. The first-order valence-corrected chi connectivity index (χ1v) is 4.15. The lowest BCUT2D eigenvalue weighted by atomic mass is 10.1. The molecule has 1 aromatic rings. The molecule has 2 N–H and O–H groups in total. The topological polar surface area (TPSA) is 62.2 Å². The summed E-state index contributed by atoms with van der Waals surface area (Å²) in [6, 6.07) is 3.38. The second-order valence-corrected chi connectivity index (χ2v) is 2.67. The van der Waals surface area contributed by atoms with Crippen molar-refractivity contribution in [3.8, 4) is 0 Å². The molecule has 0 aliphatic rings. The first-order valence-electron chi connectivity index (χ1n) is 4.15. The van der Waals surface area contributed by atoms with Gasteiger partial charge < -0.3 is 5.21 Å². The molecule has 0 atom stereocenters. The molecule has 0 saturated heterocycles. The Labute approximate surface area is 76.6 Å². The molecule has 0 unspecified atom stereocenters. The van der Waals surface area contributed by atoms with Crippen molar-refractivity contribution in [3.63, 3.8) is 0 Å². The molecule has 1 heterocycles. The van der Waals surface area contributed by atoms with E-state index in [-0.39, 0.29) is 5.78 Å². The zero-order chi connectivity index (χ0) is 9.52. The number of nitrogens with zero attached hydrogens (tertiary/aromatic N) is 1. The minimum atomic E-state index is 0.0812. The monoisotopic (exact) mass is 180 g/mol. The van der Waals surface area contributed by atoms with Gasteiger partial charge in [-0.15, -0.1) is 0 Å². The van der Waals surface area contributed by atoms with Crippen LogP contribution < -0.4 is 5.48 Å². The van der Waals surface area contributed by atoms with Gasteiger partial charge in [0, 0.05) is 30.9 Å². The number of rotatable bonds is 5. The quantitative estimate of drug-likeness (QED) is 0.403. The number of hydrogen-bond donors (Lipinski definition) is 2. The zero-order valence-electron chi connectivity index (χ0n) is 7.23. The van der Waals surface area contributed by atoms with Crippen LogP contribution in [0.5, 0.6) is 0 Å². The second kappa shape index (κ2) is 5.40. The molecule has 70 valence electrons. The number of hydrogen-bond acceptors (Lipinski definition) is 4. The molecule has 0 aliphatic carbocycles. The van der Waals surface area contributed by atoms with Gasteiger partial charge in [-0.3, -0.25) is 9.78 Å². The Morgan fingerprint density at radius 2 is 2.15 bits per heavy atom. The fourth-order valence-corrected chi connectivity index (χ4v) is 1.01. The molecule has 0 fully saturated rings. The van der Waals surface area contributed by atoms with E-state index in [0.717, 1.165) is 0 Å². The van der Waals surface area contributed by atoms with Crippen LogP contribution in [0.25, 0.3) is 0 Å². The van der Waals surface area contributed by atoms with Gasteiger partial charge in [0.15, 0.2) is 5.78 Å². The smallest absolute Gasteiger partial charge is 0.163 e. The van der Waals surface area contributed by atoms with E-state index in [9.17, 15) is 4.79 Å². The van der Waals surface area contributed by atoms with Gasteiger partial charge in [-0.2, -0.15) is 0 Å². The van der Waals surface area contributed by atoms with E-state index in [2.05, 4.69) is 4.98 Å². The SMILES string of the molecule is O=C(CCCNO)c1ccncc1. The molecule has 0 saturated carbocycles. The van der Waals surface area contributed by atoms with Crippen LogP contribution in [-0.4, -0.2) is 22.5 Å². The van der Waals surface area contributed by atoms with Crippen LogP contribution in [0.4, 0.5) is 0 Å². The maximum absolute atomic E-state index is 11.4. The molecule has 0 amide bonds. The van der Waals surface area contributed by atoms with E-state index in [4.69, 9.17) is 5.21 Å². The van der Waals surface area contributed by atoms with Crippen molar-refractivity contribution in [2.75, 3.05) is 6.54 Å². The van der Waals surface area contributed by atoms with Crippen molar-refractivity contribution in [2.24, 2.45) is 0 Å². The minimum absolute atomic E-state index is 0.0812. The Morgan fingerprint density at radius 3 is 2.77 bits per heavy atom. The third-order valence-corrected chi connectivity index (χ3v) is 1.69. The molecular formula is C9H12N2O2. The Morgan fingerprint density at radius 1 is 1.46 bits per heavy atom. The lowest BCUT2D eigenvalue weighted by Crippen LogP contribution is -2.10. The van der Waals surface area contributed by atoms with Crippen LogP contribution in [0, 0.1) is 0 Å². The molecule has 0 aromatic carbocycles. The number of carbonyl (C=O) groups excluding carboxylic acids is 1. The summed E-state index contributed by atoms with van der Waals surface area (Å²) in [7, 11) is 0. The summed E-state index contributed by atoms with van der Waals surface area (Å²) in [5, 5.41) is 8.28. The summed E-state index contributed by atoms with van der Waals surface area (Å²) < 4.78 is 0. The highest BCUT2D eigenvalue weighted by Gasteiger charge is 2.03. The first kappa shape index (κ1) is 9.83. The molecule has 0 aliphatic heterocycles. The van der Waals surface area contributed by atoms with E-state index >= 15 is 0 Å². The number of pyridine rings is 1. The Kier molecular flexibility index (Phi) is 4.08. The summed E-state index contributed by atoms with van der Waals surface area (Å²) >= 11 is 0. The largest absolute Gasteiger partial charge is 0.317 e. The summed E-state index contributed by atoms with van der Waals surface area (Å²) in [5.41, 5.74) is 2.68. The fourth-order valence-electron chi connectivity index (χ4n) is 1.01.